The van der Waals surface area contributed by atoms with E-state index in [1.54, 1.807) is 24.5 Å². The lowest BCUT2D eigenvalue weighted by atomic mass is 10.2. The summed E-state index contributed by atoms with van der Waals surface area (Å²) < 4.78 is 10.5. The normalized spacial score (nSPS) is 10.7. The summed E-state index contributed by atoms with van der Waals surface area (Å²) in [6, 6.07) is 10.8. The van der Waals surface area contributed by atoms with Crippen LogP contribution in [-0.4, -0.2) is 11.0 Å². The fourth-order valence-electron chi connectivity index (χ4n) is 1.78. The summed E-state index contributed by atoms with van der Waals surface area (Å²) in [7, 11) is 0. The lowest BCUT2D eigenvalue weighted by molar-refractivity contribution is 0.0728. The summed E-state index contributed by atoms with van der Waals surface area (Å²) in [5.41, 5.74) is 2.73. The topological polar surface area (TPSA) is 55.2 Å². The van der Waals surface area contributed by atoms with Crippen molar-refractivity contribution in [3.8, 4) is 5.75 Å². The number of aromatic nitrogens is 1. The van der Waals surface area contributed by atoms with Gasteiger partial charge in [0.05, 0.1) is 11.8 Å². The molecule has 3 rings (SSSR count). The first-order valence-electron chi connectivity index (χ1n) is 5.58. The Bertz CT molecular complexity index is 680. The van der Waals surface area contributed by atoms with Gasteiger partial charge in [-0.2, -0.15) is 0 Å². The van der Waals surface area contributed by atoms with Crippen molar-refractivity contribution in [1.82, 2.24) is 4.98 Å². The number of carbonyl (C=O) groups is 1. The molecular weight excluding hydrogens is 230 g/mol. The monoisotopic (exact) mass is 241 g/mol. The zero-order chi connectivity index (χ0) is 12.5. The van der Waals surface area contributed by atoms with Gasteiger partial charge in [-0.25, -0.2) is 4.79 Å². The summed E-state index contributed by atoms with van der Waals surface area (Å²) in [6.07, 6.45) is 1.57. The molecule has 1 aromatic carbocycles. The fraction of sp³-hybridized carbons (Fsp3) is 0.0714. The molecule has 3 aromatic rings. The van der Waals surface area contributed by atoms with Crippen LogP contribution in [0.25, 0.3) is 11.1 Å². The van der Waals surface area contributed by atoms with E-state index in [1.165, 1.54) is 0 Å². The van der Waals surface area contributed by atoms with Crippen LogP contribution in [0.2, 0.25) is 0 Å². The molecule has 0 aliphatic heterocycles. The highest BCUT2D eigenvalue weighted by Gasteiger charge is 2.14. The Morgan fingerprint density at radius 1 is 1.28 bits per heavy atom. The highest BCUT2D eigenvalue weighted by molar-refractivity contribution is 5.94. The number of aromatic amines is 1. The zero-order valence-electron chi connectivity index (χ0n) is 9.77. The SMILES string of the molecule is Cc1ccccc1OC(=O)c1cc2occc2[nH]1. The fourth-order valence-corrected chi connectivity index (χ4v) is 1.78. The third-order valence-corrected chi connectivity index (χ3v) is 2.76. The Morgan fingerprint density at radius 3 is 2.89 bits per heavy atom. The van der Waals surface area contributed by atoms with Gasteiger partial charge in [-0.05, 0) is 18.6 Å². The summed E-state index contributed by atoms with van der Waals surface area (Å²) in [5.74, 6) is 0.143. The molecule has 4 heteroatoms. The smallest absolute Gasteiger partial charge is 0.360 e. The number of rotatable bonds is 2. The highest BCUT2D eigenvalue weighted by Crippen LogP contribution is 2.20. The van der Waals surface area contributed by atoms with Crippen molar-refractivity contribution in [2.24, 2.45) is 0 Å². The molecule has 0 saturated heterocycles. The zero-order valence-corrected chi connectivity index (χ0v) is 9.77. The minimum Gasteiger partial charge on any atom is -0.463 e. The van der Waals surface area contributed by atoms with Crippen molar-refractivity contribution in [1.29, 1.82) is 0 Å². The molecule has 4 nitrogen and oxygen atoms in total. The van der Waals surface area contributed by atoms with Gasteiger partial charge in [-0.15, -0.1) is 0 Å². The third kappa shape index (κ3) is 1.78. The maximum Gasteiger partial charge on any atom is 0.360 e. The molecule has 2 heterocycles. The number of benzene rings is 1. The molecule has 90 valence electrons. The molecule has 0 aliphatic carbocycles. The average Bonchev–Trinajstić information content (AvgIpc) is 2.92. The maximum atomic E-state index is 11.9. The number of hydrogen-bond acceptors (Lipinski definition) is 3. The van der Waals surface area contributed by atoms with Gasteiger partial charge in [0.2, 0.25) is 0 Å². The number of hydrogen-bond donors (Lipinski definition) is 1. The van der Waals surface area contributed by atoms with E-state index >= 15 is 0 Å². The molecule has 2 aromatic heterocycles. The Hall–Kier alpha value is -2.49. The molecule has 0 spiro atoms. The Labute approximate surface area is 103 Å². The van der Waals surface area contributed by atoms with Crippen LogP contribution in [0, 0.1) is 6.92 Å². The minimum atomic E-state index is -0.421. The number of esters is 1. The van der Waals surface area contributed by atoms with Crippen LogP contribution in [0.5, 0.6) is 5.75 Å². The number of aryl methyl sites for hydroxylation is 1. The summed E-state index contributed by atoms with van der Waals surface area (Å²) in [4.78, 5) is 14.9. The lowest BCUT2D eigenvalue weighted by Crippen LogP contribution is -2.09. The molecule has 18 heavy (non-hydrogen) atoms. The first kappa shape index (κ1) is 10.7. The van der Waals surface area contributed by atoms with E-state index in [2.05, 4.69) is 4.98 Å². The molecular formula is C14H11NO3. The number of nitrogens with one attached hydrogen (secondary N) is 1. The lowest BCUT2D eigenvalue weighted by Gasteiger charge is -2.05. The van der Waals surface area contributed by atoms with Crippen molar-refractivity contribution in [3.05, 3.63) is 53.9 Å². The summed E-state index contributed by atoms with van der Waals surface area (Å²) >= 11 is 0. The van der Waals surface area contributed by atoms with Gasteiger partial charge >= 0.3 is 5.97 Å². The second kappa shape index (κ2) is 4.07. The van der Waals surface area contributed by atoms with E-state index in [-0.39, 0.29) is 0 Å². The van der Waals surface area contributed by atoms with Crippen molar-refractivity contribution < 1.29 is 13.9 Å². The quantitative estimate of drug-likeness (QED) is 0.553. The molecule has 0 radical (unpaired) electrons. The van der Waals surface area contributed by atoms with E-state index in [9.17, 15) is 4.79 Å². The summed E-state index contributed by atoms with van der Waals surface area (Å²) in [6.45, 7) is 1.89. The third-order valence-electron chi connectivity index (χ3n) is 2.76. The van der Waals surface area contributed by atoms with Crippen LogP contribution in [0.1, 0.15) is 16.1 Å². The molecule has 0 bridgehead atoms. The van der Waals surface area contributed by atoms with Crippen molar-refractivity contribution in [2.45, 2.75) is 6.92 Å². The van der Waals surface area contributed by atoms with Crippen LogP contribution in [0.4, 0.5) is 0 Å². The number of furan rings is 1. The number of fused-ring (bicyclic) bond motifs is 1. The predicted octanol–water partition coefficient (Wildman–Crippen LogP) is 3.29. The number of H-pyrrole nitrogens is 1. The van der Waals surface area contributed by atoms with Crippen molar-refractivity contribution in [3.63, 3.8) is 0 Å². The molecule has 0 unspecified atom stereocenters. The van der Waals surface area contributed by atoms with Gasteiger partial charge < -0.3 is 14.1 Å². The van der Waals surface area contributed by atoms with Crippen LogP contribution in [0.3, 0.4) is 0 Å². The van der Waals surface area contributed by atoms with E-state index < -0.39 is 5.97 Å². The van der Waals surface area contributed by atoms with Gasteiger partial charge in [0, 0.05) is 12.1 Å². The van der Waals surface area contributed by atoms with Gasteiger partial charge in [0.15, 0.2) is 5.58 Å². The van der Waals surface area contributed by atoms with Crippen LogP contribution < -0.4 is 4.74 Å². The average molecular weight is 241 g/mol. The molecule has 0 aliphatic rings. The highest BCUT2D eigenvalue weighted by atomic mass is 16.5. The van der Waals surface area contributed by atoms with E-state index in [0.29, 0.717) is 17.0 Å². The molecule has 0 fully saturated rings. The standard InChI is InChI=1S/C14H11NO3/c1-9-4-2-3-5-12(9)18-14(16)11-8-13-10(15-11)6-7-17-13/h2-8,15H,1H3. The van der Waals surface area contributed by atoms with E-state index in [0.717, 1.165) is 11.1 Å². The molecule has 1 N–H and O–H groups in total. The van der Waals surface area contributed by atoms with Crippen LogP contribution in [-0.2, 0) is 0 Å². The summed E-state index contributed by atoms with van der Waals surface area (Å²) in [5, 5.41) is 0. The number of ether oxygens (including phenoxy) is 1. The van der Waals surface area contributed by atoms with Crippen molar-refractivity contribution >= 4 is 17.1 Å². The Balaban J connectivity index is 1.87. The number of carbonyl (C=O) groups excluding carboxylic acids is 1. The molecule has 0 amide bonds. The predicted molar refractivity (Wildman–Crippen MR) is 66.7 cm³/mol. The van der Waals surface area contributed by atoms with Gasteiger partial charge in [-0.1, -0.05) is 18.2 Å². The Kier molecular flexibility index (Phi) is 2.41. The van der Waals surface area contributed by atoms with Crippen molar-refractivity contribution in [2.75, 3.05) is 0 Å². The minimum absolute atomic E-state index is 0.382. The van der Waals surface area contributed by atoms with Gasteiger partial charge in [0.25, 0.3) is 0 Å². The van der Waals surface area contributed by atoms with Crippen LogP contribution >= 0.6 is 0 Å². The second-order valence-corrected chi connectivity index (χ2v) is 4.04. The number of para-hydroxylation sites is 1. The van der Waals surface area contributed by atoms with Crippen LogP contribution in [0.15, 0.2) is 47.1 Å². The van der Waals surface area contributed by atoms with E-state index in [1.807, 2.05) is 25.1 Å². The Morgan fingerprint density at radius 2 is 2.11 bits per heavy atom. The van der Waals surface area contributed by atoms with Gasteiger partial charge in [0.1, 0.15) is 11.4 Å². The second-order valence-electron chi connectivity index (χ2n) is 4.04. The van der Waals surface area contributed by atoms with E-state index in [4.69, 9.17) is 9.15 Å². The first-order chi connectivity index (χ1) is 8.74. The molecule has 0 atom stereocenters. The largest absolute Gasteiger partial charge is 0.463 e. The maximum absolute atomic E-state index is 11.9. The van der Waals surface area contributed by atoms with Gasteiger partial charge in [-0.3, -0.25) is 0 Å². The molecule has 0 saturated carbocycles. The first-order valence-corrected chi connectivity index (χ1v) is 5.58.